The van der Waals surface area contributed by atoms with Crippen LogP contribution in [-0.4, -0.2) is 51.3 Å². The van der Waals surface area contributed by atoms with Gasteiger partial charge in [-0.15, -0.1) is 0 Å². The molecule has 1 aliphatic rings. The smallest absolute Gasteiger partial charge is 0.260 e. The van der Waals surface area contributed by atoms with Crippen LogP contribution in [0.15, 0.2) is 30.7 Å². The van der Waals surface area contributed by atoms with Gasteiger partial charge in [0.05, 0.1) is 17.1 Å². The van der Waals surface area contributed by atoms with Crippen LogP contribution in [0.4, 0.5) is 20.2 Å². The maximum atomic E-state index is 15.3. The molecule has 32 heavy (non-hydrogen) atoms. The molecule has 0 spiro atoms. The van der Waals surface area contributed by atoms with Gasteiger partial charge in [0.1, 0.15) is 16.9 Å². The third-order valence-corrected chi connectivity index (χ3v) is 5.67. The highest BCUT2D eigenvalue weighted by molar-refractivity contribution is 6.14. The summed E-state index contributed by atoms with van der Waals surface area (Å²) in [5, 5.41) is 11.1. The number of nitrogens with zero attached hydrogens (tertiary/aromatic N) is 5. The number of imidazole rings is 1. The number of hydrogen-bond donors (Lipinski definition) is 2. The van der Waals surface area contributed by atoms with Crippen molar-refractivity contribution in [2.45, 2.75) is 20.4 Å². The van der Waals surface area contributed by atoms with Gasteiger partial charge >= 0.3 is 0 Å². The summed E-state index contributed by atoms with van der Waals surface area (Å²) < 4.78 is 32.9. The summed E-state index contributed by atoms with van der Waals surface area (Å²) in [6, 6.07) is 2.57. The van der Waals surface area contributed by atoms with Crippen molar-refractivity contribution in [1.29, 1.82) is 0 Å². The zero-order chi connectivity index (χ0) is 22.4. The standard InChI is InChI=1S/C22H23F2N7O/c1-3-31-12-15-18(29-6-4-25-5-7-29)9-16(23)19(20(15)28-31)22(32)27-14-8-17(24)21-26-13(2)10-30(21)11-14/h8-12,25H,3-7H2,1-2H3,(H,27,32). The molecule has 2 N–H and O–H groups in total. The lowest BCUT2D eigenvalue weighted by Gasteiger charge is -2.30. The second-order valence-electron chi connectivity index (χ2n) is 7.88. The third kappa shape index (κ3) is 3.46. The van der Waals surface area contributed by atoms with Crippen LogP contribution >= 0.6 is 0 Å². The van der Waals surface area contributed by atoms with Crippen molar-refractivity contribution in [2.75, 3.05) is 36.4 Å². The normalized spacial score (nSPS) is 14.4. The van der Waals surface area contributed by atoms with Gasteiger partial charge in [0, 0.05) is 62.8 Å². The van der Waals surface area contributed by atoms with Gasteiger partial charge in [-0.1, -0.05) is 0 Å². The predicted molar refractivity (Wildman–Crippen MR) is 118 cm³/mol. The first-order valence-corrected chi connectivity index (χ1v) is 10.6. The second kappa shape index (κ2) is 7.86. The van der Waals surface area contributed by atoms with Crippen LogP contribution in [0.3, 0.4) is 0 Å². The summed E-state index contributed by atoms with van der Waals surface area (Å²) in [5.41, 5.74) is 1.86. The average molecular weight is 439 g/mol. The Kier molecular flexibility index (Phi) is 5.01. The molecule has 0 unspecified atom stereocenters. The Labute approximate surface area is 182 Å². The van der Waals surface area contributed by atoms with E-state index in [0.29, 0.717) is 17.6 Å². The van der Waals surface area contributed by atoms with E-state index in [1.54, 1.807) is 24.0 Å². The third-order valence-electron chi connectivity index (χ3n) is 5.67. The minimum Gasteiger partial charge on any atom is -0.368 e. The van der Waals surface area contributed by atoms with Crippen molar-refractivity contribution in [1.82, 2.24) is 24.5 Å². The molecule has 0 aliphatic carbocycles. The number of fused-ring (bicyclic) bond motifs is 2. The van der Waals surface area contributed by atoms with E-state index in [1.165, 1.54) is 16.5 Å². The fourth-order valence-corrected chi connectivity index (χ4v) is 4.16. The lowest BCUT2D eigenvalue weighted by atomic mass is 10.1. The summed E-state index contributed by atoms with van der Waals surface area (Å²) >= 11 is 0. The van der Waals surface area contributed by atoms with Crippen molar-refractivity contribution < 1.29 is 13.6 Å². The average Bonchev–Trinajstić information content (AvgIpc) is 3.36. The van der Waals surface area contributed by atoms with Crippen LogP contribution in [0.5, 0.6) is 0 Å². The summed E-state index contributed by atoms with van der Waals surface area (Å²) in [7, 11) is 0. The maximum Gasteiger partial charge on any atom is 0.260 e. The zero-order valence-electron chi connectivity index (χ0n) is 17.8. The minimum absolute atomic E-state index is 0.159. The quantitative estimate of drug-likeness (QED) is 0.511. The summed E-state index contributed by atoms with van der Waals surface area (Å²) in [5.74, 6) is -1.92. The van der Waals surface area contributed by atoms with Gasteiger partial charge in [0.2, 0.25) is 0 Å². The van der Waals surface area contributed by atoms with Crippen LogP contribution in [0.1, 0.15) is 23.0 Å². The van der Waals surface area contributed by atoms with Gasteiger partial charge in [-0.05, 0) is 19.9 Å². The SMILES string of the molecule is CCn1cc2c(N3CCNCC3)cc(F)c(C(=O)Nc3cc(F)c4nc(C)cn4c3)c2n1. The molecule has 1 aliphatic heterocycles. The van der Waals surface area contributed by atoms with Gasteiger partial charge in [0.15, 0.2) is 11.5 Å². The van der Waals surface area contributed by atoms with Crippen LogP contribution < -0.4 is 15.5 Å². The minimum atomic E-state index is -0.684. The largest absolute Gasteiger partial charge is 0.368 e. The molecule has 0 saturated carbocycles. The molecule has 4 aromatic rings. The molecule has 4 heterocycles. The Bertz CT molecular complexity index is 1340. The number of piperazine rings is 1. The van der Waals surface area contributed by atoms with Crippen molar-refractivity contribution in [2.24, 2.45) is 0 Å². The topological polar surface area (TPSA) is 79.5 Å². The number of carbonyl (C=O) groups is 1. The van der Waals surface area contributed by atoms with Gasteiger partial charge in [-0.3, -0.25) is 9.48 Å². The van der Waals surface area contributed by atoms with Crippen LogP contribution in [0.25, 0.3) is 16.6 Å². The van der Waals surface area contributed by atoms with Gasteiger partial charge < -0.3 is 19.9 Å². The van der Waals surface area contributed by atoms with E-state index in [4.69, 9.17) is 0 Å². The Morgan fingerprint density at radius 2 is 1.94 bits per heavy atom. The number of aromatic nitrogens is 4. The van der Waals surface area contributed by atoms with Crippen molar-refractivity contribution in [3.05, 3.63) is 53.6 Å². The Balaban J connectivity index is 1.56. The fourth-order valence-electron chi connectivity index (χ4n) is 4.16. The molecule has 1 amide bonds. The summed E-state index contributed by atoms with van der Waals surface area (Å²) in [6.45, 7) is 7.34. The van der Waals surface area contributed by atoms with Crippen molar-refractivity contribution in [3.63, 3.8) is 0 Å². The number of pyridine rings is 1. The number of rotatable bonds is 4. The molecule has 1 fully saturated rings. The van der Waals surface area contributed by atoms with Crippen molar-refractivity contribution >= 4 is 33.8 Å². The molecular formula is C22H23F2N7O. The molecule has 8 nitrogen and oxygen atoms in total. The molecule has 0 bridgehead atoms. The van der Waals surface area contributed by atoms with E-state index in [-0.39, 0.29) is 22.4 Å². The summed E-state index contributed by atoms with van der Waals surface area (Å²) in [6.07, 6.45) is 5.03. The Morgan fingerprint density at radius 3 is 2.69 bits per heavy atom. The van der Waals surface area contributed by atoms with Crippen LogP contribution in [-0.2, 0) is 6.54 Å². The molecule has 3 aromatic heterocycles. The molecule has 166 valence electrons. The fraction of sp³-hybridized carbons (Fsp3) is 0.318. The number of amides is 1. The first kappa shape index (κ1) is 20.4. The van der Waals surface area contributed by atoms with E-state index in [2.05, 4.69) is 25.6 Å². The maximum absolute atomic E-state index is 15.3. The molecule has 1 aromatic carbocycles. The second-order valence-corrected chi connectivity index (χ2v) is 7.88. The highest BCUT2D eigenvalue weighted by Gasteiger charge is 2.25. The zero-order valence-corrected chi connectivity index (χ0v) is 17.8. The Hall–Kier alpha value is -3.53. The Morgan fingerprint density at radius 1 is 1.16 bits per heavy atom. The number of aryl methyl sites for hydroxylation is 2. The highest BCUT2D eigenvalue weighted by atomic mass is 19.1. The van der Waals surface area contributed by atoms with E-state index in [9.17, 15) is 9.18 Å². The molecular weight excluding hydrogens is 416 g/mol. The first-order chi connectivity index (χ1) is 15.4. The first-order valence-electron chi connectivity index (χ1n) is 10.6. The molecule has 5 rings (SSSR count). The van der Waals surface area contributed by atoms with Gasteiger partial charge in [-0.2, -0.15) is 5.10 Å². The van der Waals surface area contributed by atoms with Crippen molar-refractivity contribution in [3.8, 4) is 0 Å². The van der Waals surface area contributed by atoms with E-state index in [1.807, 2.05) is 13.1 Å². The van der Waals surface area contributed by atoms with Crippen LogP contribution in [0.2, 0.25) is 0 Å². The number of halogens is 2. The predicted octanol–water partition coefficient (Wildman–Crippen LogP) is 2.95. The lowest BCUT2D eigenvalue weighted by molar-refractivity contribution is 0.102. The molecule has 0 radical (unpaired) electrons. The highest BCUT2D eigenvalue weighted by Crippen LogP contribution is 2.32. The van der Waals surface area contributed by atoms with E-state index < -0.39 is 17.5 Å². The van der Waals surface area contributed by atoms with E-state index in [0.717, 1.165) is 31.9 Å². The monoisotopic (exact) mass is 439 g/mol. The number of benzene rings is 1. The van der Waals surface area contributed by atoms with Gasteiger partial charge in [-0.25, -0.2) is 13.8 Å². The number of anilines is 2. The van der Waals surface area contributed by atoms with Gasteiger partial charge in [0.25, 0.3) is 5.91 Å². The number of hydrogen-bond acceptors (Lipinski definition) is 5. The van der Waals surface area contributed by atoms with E-state index >= 15 is 4.39 Å². The lowest BCUT2D eigenvalue weighted by Crippen LogP contribution is -2.43. The molecule has 1 saturated heterocycles. The summed E-state index contributed by atoms with van der Waals surface area (Å²) in [4.78, 5) is 19.3. The number of nitrogens with one attached hydrogen (secondary N) is 2. The van der Waals surface area contributed by atoms with Crippen LogP contribution in [0, 0.1) is 18.6 Å². The molecule has 0 atom stereocenters. The molecule has 10 heteroatoms. The number of carbonyl (C=O) groups excluding carboxylic acids is 1.